The zero-order valence-corrected chi connectivity index (χ0v) is 14.1. The first kappa shape index (κ1) is 15.8. The summed E-state index contributed by atoms with van der Waals surface area (Å²) in [7, 11) is 0. The summed E-state index contributed by atoms with van der Waals surface area (Å²) in [5, 5.41) is 1.01. The van der Waals surface area contributed by atoms with Crippen molar-refractivity contribution in [3.05, 3.63) is 72.2 Å². The summed E-state index contributed by atoms with van der Waals surface area (Å²) in [6, 6.07) is 14.3. The summed E-state index contributed by atoms with van der Waals surface area (Å²) in [6.45, 7) is 0.840. The molecular weight excluding hydrogens is 310 g/mol. The predicted octanol–water partition coefficient (Wildman–Crippen LogP) is 3.87. The highest BCUT2D eigenvalue weighted by molar-refractivity contribution is 5.97. The molecule has 2 aromatic heterocycles. The zero-order chi connectivity index (χ0) is 17.1. The Bertz CT molecular complexity index is 878. The number of aryl methyl sites for hydroxylation is 1. The van der Waals surface area contributed by atoms with Crippen LogP contribution in [-0.2, 0) is 6.42 Å². The Morgan fingerprint density at radius 3 is 2.88 bits per heavy atom. The van der Waals surface area contributed by atoms with Gasteiger partial charge in [-0.15, -0.1) is 0 Å². The van der Waals surface area contributed by atoms with Gasteiger partial charge in [0.25, 0.3) is 5.91 Å². The standard InChI is InChI=1S/C21H21N3O/c25-21(18-14-17-4-1-2-6-20(17)23-15-18)24-13-3-5-19(24)8-7-16-9-11-22-12-10-16/h1-2,4,6,9-12,14-15,19H,3,5,7-8,13H2/t19-/m1/s1. The second-order valence-corrected chi connectivity index (χ2v) is 6.61. The summed E-state index contributed by atoms with van der Waals surface area (Å²) in [5.41, 5.74) is 2.89. The molecule has 4 nitrogen and oxygen atoms in total. The van der Waals surface area contributed by atoms with Crippen molar-refractivity contribution in [2.45, 2.75) is 31.7 Å². The molecule has 1 aromatic carbocycles. The molecular formula is C21H21N3O. The maximum atomic E-state index is 13.0. The third-order valence-corrected chi connectivity index (χ3v) is 4.99. The van der Waals surface area contributed by atoms with Gasteiger partial charge in [0, 0.05) is 36.6 Å². The molecule has 1 amide bonds. The minimum absolute atomic E-state index is 0.107. The number of hydrogen-bond donors (Lipinski definition) is 0. The first-order valence-electron chi connectivity index (χ1n) is 8.86. The normalized spacial score (nSPS) is 17.1. The van der Waals surface area contributed by atoms with Crippen LogP contribution in [0.25, 0.3) is 10.9 Å². The Morgan fingerprint density at radius 2 is 2.00 bits per heavy atom. The van der Waals surface area contributed by atoms with Crippen molar-refractivity contribution in [1.29, 1.82) is 0 Å². The number of para-hydroxylation sites is 1. The van der Waals surface area contributed by atoms with Gasteiger partial charge in [-0.2, -0.15) is 0 Å². The van der Waals surface area contributed by atoms with Gasteiger partial charge in [-0.3, -0.25) is 14.8 Å². The van der Waals surface area contributed by atoms with Crippen LogP contribution in [0.5, 0.6) is 0 Å². The molecule has 25 heavy (non-hydrogen) atoms. The van der Waals surface area contributed by atoms with E-state index in [9.17, 15) is 4.79 Å². The van der Waals surface area contributed by atoms with Crippen LogP contribution in [0.15, 0.2) is 61.1 Å². The van der Waals surface area contributed by atoms with Crippen LogP contribution < -0.4 is 0 Å². The van der Waals surface area contributed by atoms with E-state index in [1.807, 2.05) is 59.8 Å². The van der Waals surface area contributed by atoms with Crippen LogP contribution in [-0.4, -0.2) is 33.4 Å². The molecule has 1 saturated heterocycles. The lowest BCUT2D eigenvalue weighted by Crippen LogP contribution is -2.35. The van der Waals surface area contributed by atoms with Crippen molar-refractivity contribution in [3.63, 3.8) is 0 Å². The van der Waals surface area contributed by atoms with E-state index in [-0.39, 0.29) is 5.91 Å². The maximum absolute atomic E-state index is 13.0. The van der Waals surface area contributed by atoms with Crippen LogP contribution in [0.4, 0.5) is 0 Å². The zero-order valence-electron chi connectivity index (χ0n) is 14.1. The molecule has 0 spiro atoms. The molecule has 3 aromatic rings. The van der Waals surface area contributed by atoms with Gasteiger partial charge in [0.15, 0.2) is 0 Å². The number of rotatable bonds is 4. The molecule has 0 radical (unpaired) electrons. The van der Waals surface area contributed by atoms with Gasteiger partial charge in [-0.1, -0.05) is 18.2 Å². The SMILES string of the molecule is O=C(c1cnc2ccccc2c1)N1CCC[C@@H]1CCc1ccncc1. The molecule has 4 heteroatoms. The molecule has 126 valence electrons. The summed E-state index contributed by atoms with van der Waals surface area (Å²) < 4.78 is 0. The fraction of sp³-hybridized carbons (Fsp3) is 0.286. The average molecular weight is 331 g/mol. The van der Waals surface area contributed by atoms with E-state index in [0.29, 0.717) is 11.6 Å². The fourth-order valence-electron chi connectivity index (χ4n) is 3.64. The van der Waals surface area contributed by atoms with Crippen molar-refractivity contribution in [2.24, 2.45) is 0 Å². The summed E-state index contributed by atoms with van der Waals surface area (Å²) in [6.07, 6.45) is 9.50. The quantitative estimate of drug-likeness (QED) is 0.729. The van der Waals surface area contributed by atoms with E-state index in [2.05, 4.69) is 9.97 Å². The number of fused-ring (bicyclic) bond motifs is 1. The second kappa shape index (κ2) is 7.01. The number of amides is 1. The molecule has 0 saturated carbocycles. The van der Waals surface area contributed by atoms with Crippen molar-refractivity contribution in [1.82, 2.24) is 14.9 Å². The van der Waals surface area contributed by atoms with Gasteiger partial charge in [0.05, 0.1) is 11.1 Å². The maximum Gasteiger partial charge on any atom is 0.255 e. The highest BCUT2D eigenvalue weighted by atomic mass is 16.2. The van der Waals surface area contributed by atoms with Crippen LogP contribution in [0.1, 0.15) is 35.2 Å². The lowest BCUT2D eigenvalue weighted by molar-refractivity contribution is 0.0730. The third-order valence-electron chi connectivity index (χ3n) is 4.99. The number of likely N-dealkylation sites (tertiary alicyclic amines) is 1. The van der Waals surface area contributed by atoms with Crippen molar-refractivity contribution < 1.29 is 4.79 Å². The minimum Gasteiger partial charge on any atom is -0.336 e. The lowest BCUT2D eigenvalue weighted by atomic mass is 10.0. The number of carbonyl (C=O) groups excluding carboxylic acids is 1. The Kier molecular flexibility index (Phi) is 4.42. The molecule has 1 aliphatic heterocycles. The molecule has 1 atom stereocenters. The smallest absolute Gasteiger partial charge is 0.255 e. The van der Waals surface area contributed by atoms with Gasteiger partial charge in [-0.25, -0.2) is 0 Å². The summed E-state index contributed by atoms with van der Waals surface area (Å²) in [5.74, 6) is 0.107. The highest BCUT2D eigenvalue weighted by Crippen LogP contribution is 2.24. The Morgan fingerprint density at radius 1 is 1.16 bits per heavy atom. The Balaban J connectivity index is 1.49. The molecule has 4 rings (SSSR count). The van der Waals surface area contributed by atoms with Crippen LogP contribution in [0.3, 0.4) is 0 Å². The Hall–Kier alpha value is -2.75. The van der Waals surface area contributed by atoms with Crippen molar-refractivity contribution in [2.75, 3.05) is 6.54 Å². The fourth-order valence-corrected chi connectivity index (χ4v) is 3.64. The van der Waals surface area contributed by atoms with Crippen molar-refractivity contribution in [3.8, 4) is 0 Å². The molecule has 0 aliphatic carbocycles. The van der Waals surface area contributed by atoms with Gasteiger partial charge in [0.2, 0.25) is 0 Å². The molecule has 0 unspecified atom stereocenters. The van der Waals surface area contributed by atoms with E-state index in [1.54, 1.807) is 6.20 Å². The highest BCUT2D eigenvalue weighted by Gasteiger charge is 2.29. The largest absolute Gasteiger partial charge is 0.336 e. The Labute approximate surface area is 147 Å². The first-order chi connectivity index (χ1) is 12.3. The van der Waals surface area contributed by atoms with Crippen molar-refractivity contribution >= 4 is 16.8 Å². The summed E-state index contributed by atoms with van der Waals surface area (Å²) in [4.78, 5) is 23.5. The third kappa shape index (κ3) is 3.38. The molecule has 1 aliphatic rings. The molecule has 0 bridgehead atoms. The monoisotopic (exact) mass is 331 g/mol. The topological polar surface area (TPSA) is 46.1 Å². The van der Waals surface area contributed by atoms with Gasteiger partial charge >= 0.3 is 0 Å². The van der Waals surface area contributed by atoms with Gasteiger partial charge < -0.3 is 4.90 Å². The number of hydrogen-bond acceptors (Lipinski definition) is 3. The van der Waals surface area contributed by atoms with Crippen LogP contribution in [0, 0.1) is 0 Å². The van der Waals surface area contributed by atoms with E-state index in [1.165, 1.54) is 5.56 Å². The number of aromatic nitrogens is 2. The van der Waals surface area contributed by atoms with Gasteiger partial charge in [-0.05, 0) is 55.5 Å². The molecule has 3 heterocycles. The number of carbonyl (C=O) groups is 1. The van der Waals surface area contributed by atoms with E-state index >= 15 is 0 Å². The first-order valence-corrected chi connectivity index (χ1v) is 8.86. The van der Waals surface area contributed by atoms with Crippen LogP contribution >= 0.6 is 0 Å². The number of pyridine rings is 2. The number of nitrogens with zero attached hydrogens (tertiary/aromatic N) is 3. The molecule has 0 N–H and O–H groups in total. The lowest BCUT2D eigenvalue weighted by Gasteiger charge is -2.25. The average Bonchev–Trinajstić information content (AvgIpc) is 3.15. The van der Waals surface area contributed by atoms with Gasteiger partial charge in [0.1, 0.15) is 0 Å². The van der Waals surface area contributed by atoms with Crippen LogP contribution in [0.2, 0.25) is 0 Å². The predicted molar refractivity (Wildman–Crippen MR) is 98.4 cm³/mol. The minimum atomic E-state index is 0.107. The summed E-state index contributed by atoms with van der Waals surface area (Å²) >= 11 is 0. The second-order valence-electron chi connectivity index (χ2n) is 6.61. The van der Waals surface area contributed by atoms with E-state index in [0.717, 1.165) is 43.1 Å². The number of benzene rings is 1. The molecule has 1 fully saturated rings. The van der Waals surface area contributed by atoms with E-state index < -0.39 is 0 Å². The van der Waals surface area contributed by atoms with E-state index in [4.69, 9.17) is 0 Å².